The average Bonchev–Trinajstić information content (AvgIpc) is 2.76. The predicted octanol–water partition coefficient (Wildman–Crippen LogP) is 3.51. The molecule has 3 rings (SSSR count). The standard InChI is InChI=1S/C20H24Cl2N4O4S/c1-3-26(4-2)31(28,29)15-5-6-18(25-7-9-30-10-8-25)17(12-15)24-20(27)14-11-16(21)19(22)23-13-14/h5-6,11-13H,3-4,7-10H2,1-2H3,(H,24,27). The number of hydrogen-bond donors (Lipinski definition) is 1. The highest BCUT2D eigenvalue weighted by Gasteiger charge is 2.25. The molecule has 1 saturated heterocycles. The van der Waals surface area contributed by atoms with Crippen LogP contribution in [0.25, 0.3) is 0 Å². The smallest absolute Gasteiger partial charge is 0.257 e. The van der Waals surface area contributed by atoms with Crippen molar-refractivity contribution < 1.29 is 17.9 Å². The largest absolute Gasteiger partial charge is 0.378 e. The number of anilines is 2. The van der Waals surface area contributed by atoms with Crippen LogP contribution in [0.2, 0.25) is 10.2 Å². The topological polar surface area (TPSA) is 91.8 Å². The highest BCUT2D eigenvalue weighted by molar-refractivity contribution is 7.89. The summed E-state index contributed by atoms with van der Waals surface area (Å²) in [4.78, 5) is 18.9. The van der Waals surface area contributed by atoms with E-state index in [4.69, 9.17) is 27.9 Å². The van der Waals surface area contributed by atoms with Gasteiger partial charge in [-0.1, -0.05) is 37.0 Å². The number of nitrogens with zero attached hydrogens (tertiary/aromatic N) is 3. The van der Waals surface area contributed by atoms with Crippen molar-refractivity contribution in [1.29, 1.82) is 0 Å². The zero-order valence-corrected chi connectivity index (χ0v) is 19.6. The van der Waals surface area contributed by atoms with E-state index in [9.17, 15) is 13.2 Å². The van der Waals surface area contributed by atoms with Gasteiger partial charge in [-0.05, 0) is 24.3 Å². The third-order valence-corrected chi connectivity index (χ3v) is 7.70. The Balaban J connectivity index is 2.01. The zero-order chi connectivity index (χ0) is 22.6. The van der Waals surface area contributed by atoms with Crippen LogP contribution >= 0.6 is 23.2 Å². The van der Waals surface area contributed by atoms with Crippen LogP contribution in [0.5, 0.6) is 0 Å². The van der Waals surface area contributed by atoms with Gasteiger partial charge in [-0.15, -0.1) is 0 Å². The lowest BCUT2D eigenvalue weighted by molar-refractivity contribution is 0.102. The van der Waals surface area contributed by atoms with Crippen molar-refractivity contribution in [2.45, 2.75) is 18.7 Å². The van der Waals surface area contributed by atoms with E-state index in [1.807, 2.05) is 4.90 Å². The molecule has 0 radical (unpaired) electrons. The lowest BCUT2D eigenvalue weighted by Gasteiger charge is -2.31. The lowest BCUT2D eigenvalue weighted by Crippen LogP contribution is -2.37. The molecule has 2 aromatic rings. The molecule has 1 aromatic heterocycles. The fourth-order valence-corrected chi connectivity index (χ4v) is 5.06. The highest BCUT2D eigenvalue weighted by atomic mass is 35.5. The van der Waals surface area contributed by atoms with Gasteiger partial charge in [0.25, 0.3) is 5.91 Å². The molecule has 1 aliphatic heterocycles. The van der Waals surface area contributed by atoms with Crippen LogP contribution in [0, 0.1) is 0 Å². The summed E-state index contributed by atoms with van der Waals surface area (Å²) in [6.45, 7) is 6.60. The monoisotopic (exact) mass is 486 g/mol. The fraction of sp³-hybridized carbons (Fsp3) is 0.400. The molecule has 168 valence electrons. The molecule has 1 aromatic carbocycles. The molecular formula is C20H24Cl2N4O4S. The Morgan fingerprint density at radius 2 is 1.87 bits per heavy atom. The van der Waals surface area contributed by atoms with E-state index < -0.39 is 15.9 Å². The van der Waals surface area contributed by atoms with Gasteiger partial charge in [0.15, 0.2) is 0 Å². The third kappa shape index (κ3) is 5.30. The quantitative estimate of drug-likeness (QED) is 0.602. The molecule has 31 heavy (non-hydrogen) atoms. The van der Waals surface area contributed by atoms with Crippen LogP contribution in [0.1, 0.15) is 24.2 Å². The molecule has 0 unspecified atom stereocenters. The maximum absolute atomic E-state index is 13.0. The first kappa shape index (κ1) is 23.7. The summed E-state index contributed by atoms with van der Waals surface area (Å²) in [5, 5.41) is 3.06. The first-order valence-corrected chi connectivity index (χ1v) is 12.1. The number of benzene rings is 1. The molecule has 8 nitrogen and oxygen atoms in total. The summed E-state index contributed by atoms with van der Waals surface area (Å²) in [6, 6.07) is 6.18. The van der Waals surface area contributed by atoms with E-state index >= 15 is 0 Å². The van der Waals surface area contributed by atoms with Crippen molar-refractivity contribution >= 4 is 50.5 Å². The average molecular weight is 487 g/mol. The molecule has 11 heteroatoms. The molecule has 1 amide bonds. The maximum Gasteiger partial charge on any atom is 0.257 e. The Labute approximate surface area is 192 Å². The second kappa shape index (κ2) is 10.1. The molecular weight excluding hydrogens is 463 g/mol. The van der Waals surface area contributed by atoms with Gasteiger partial charge in [-0.25, -0.2) is 13.4 Å². The van der Waals surface area contributed by atoms with Crippen molar-refractivity contribution in [1.82, 2.24) is 9.29 Å². The number of rotatable bonds is 7. The van der Waals surface area contributed by atoms with Gasteiger partial charge >= 0.3 is 0 Å². The van der Waals surface area contributed by atoms with Crippen molar-refractivity contribution in [3.05, 3.63) is 46.2 Å². The van der Waals surface area contributed by atoms with E-state index in [0.717, 1.165) is 0 Å². The van der Waals surface area contributed by atoms with Crippen molar-refractivity contribution in [2.24, 2.45) is 0 Å². The van der Waals surface area contributed by atoms with Gasteiger partial charge in [-0.3, -0.25) is 4.79 Å². The van der Waals surface area contributed by atoms with Gasteiger partial charge < -0.3 is 15.0 Å². The Bertz CT molecular complexity index is 1060. The van der Waals surface area contributed by atoms with Gasteiger partial charge in [0.1, 0.15) is 5.15 Å². The molecule has 1 aliphatic rings. The molecule has 0 bridgehead atoms. The van der Waals surface area contributed by atoms with E-state index in [1.54, 1.807) is 26.0 Å². The summed E-state index contributed by atoms with van der Waals surface area (Å²) in [5.74, 6) is -0.474. The SMILES string of the molecule is CCN(CC)S(=O)(=O)c1ccc(N2CCOCC2)c(NC(=O)c2cnc(Cl)c(Cl)c2)c1. The summed E-state index contributed by atoms with van der Waals surface area (Å²) >= 11 is 11.8. The minimum absolute atomic E-state index is 0.0968. The van der Waals surface area contributed by atoms with Gasteiger partial charge in [0, 0.05) is 32.4 Å². The molecule has 0 spiro atoms. The van der Waals surface area contributed by atoms with E-state index in [-0.39, 0.29) is 20.6 Å². The summed E-state index contributed by atoms with van der Waals surface area (Å²) < 4.78 is 32.8. The number of morpholine rings is 1. The number of halogens is 2. The van der Waals surface area contributed by atoms with Crippen LogP contribution in [0.15, 0.2) is 35.4 Å². The Hall–Kier alpha value is -1.91. The second-order valence-corrected chi connectivity index (χ2v) is 9.52. The van der Waals surface area contributed by atoms with E-state index in [2.05, 4.69) is 10.3 Å². The molecule has 0 saturated carbocycles. The summed E-state index contributed by atoms with van der Waals surface area (Å²) in [5.41, 5.74) is 1.30. The number of pyridine rings is 1. The number of nitrogens with one attached hydrogen (secondary N) is 1. The van der Waals surface area contributed by atoms with Crippen molar-refractivity contribution in [3.8, 4) is 0 Å². The van der Waals surface area contributed by atoms with Gasteiger partial charge in [-0.2, -0.15) is 4.31 Å². The number of amides is 1. The van der Waals surface area contributed by atoms with Crippen molar-refractivity contribution in [2.75, 3.05) is 49.6 Å². The molecule has 1 N–H and O–H groups in total. The van der Waals surface area contributed by atoms with Crippen molar-refractivity contribution in [3.63, 3.8) is 0 Å². The lowest BCUT2D eigenvalue weighted by atomic mass is 10.2. The second-order valence-electron chi connectivity index (χ2n) is 6.82. The third-order valence-electron chi connectivity index (χ3n) is 4.97. The number of hydrogen-bond acceptors (Lipinski definition) is 6. The Morgan fingerprint density at radius 1 is 1.19 bits per heavy atom. The Morgan fingerprint density at radius 3 is 2.48 bits per heavy atom. The first-order valence-electron chi connectivity index (χ1n) is 9.87. The van der Waals surface area contributed by atoms with Gasteiger partial charge in [0.05, 0.1) is 40.1 Å². The summed E-state index contributed by atoms with van der Waals surface area (Å²) in [7, 11) is -3.70. The molecule has 1 fully saturated rings. The van der Waals surface area contributed by atoms with Gasteiger partial charge in [0.2, 0.25) is 10.0 Å². The van der Waals surface area contributed by atoms with Crippen LogP contribution in [-0.2, 0) is 14.8 Å². The molecule has 0 aliphatic carbocycles. The van der Waals surface area contributed by atoms with E-state index in [1.165, 1.54) is 22.6 Å². The van der Waals surface area contributed by atoms with Crippen LogP contribution in [0.4, 0.5) is 11.4 Å². The Kier molecular flexibility index (Phi) is 7.77. The minimum atomic E-state index is -3.70. The number of sulfonamides is 1. The normalized spacial score (nSPS) is 14.7. The zero-order valence-electron chi connectivity index (χ0n) is 17.3. The van der Waals surface area contributed by atoms with Crippen LogP contribution in [-0.4, -0.2) is 63.0 Å². The number of carbonyl (C=O) groups is 1. The first-order chi connectivity index (χ1) is 14.8. The molecule has 2 heterocycles. The summed E-state index contributed by atoms with van der Waals surface area (Å²) in [6.07, 6.45) is 1.31. The number of ether oxygens (including phenoxy) is 1. The predicted molar refractivity (Wildman–Crippen MR) is 122 cm³/mol. The van der Waals surface area contributed by atoms with E-state index in [0.29, 0.717) is 50.8 Å². The number of aromatic nitrogens is 1. The van der Waals surface area contributed by atoms with Crippen LogP contribution < -0.4 is 10.2 Å². The number of carbonyl (C=O) groups excluding carboxylic acids is 1. The fourth-order valence-electron chi connectivity index (χ4n) is 3.31. The highest BCUT2D eigenvalue weighted by Crippen LogP contribution is 2.31. The minimum Gasteiger partial charge on any atom is -0.378 e. The maximum atomic E-state index is 13.0. The molecule has 0 atom stereocenters. The van der Waals surface area contributed by atoms with Crippen LogP contribution in [0.3, 0.4) is 0 Å².